The molecule has 3 aliphatic rings. The minimum Gasteiger partial charge on any atom is -0.481 e. The van der Waals surface area contributed by atoms with Crippen molar-refractivity contribution in [2.24, 2.45) is 11.3 Å². The zero-order chi connectivity index (χ0) is 17.3. The Labute approximate surface area is 149 Å². The highest BCUT2D eigenvalue weighted by atomic mass is 16.5. The normalized spacial score (nSPS) is 28.8. The third-order valence-corrected chi connectivity index (χ3v) is 6.59. The van der Waals surface area contributed by atoms with Crippen molar-refractivity contribution in [2.45, 2.75) is 51.0 Å². The van der Waals surface area contributed by atoms with Crippen LogP contribution >= 0.6 is 0 Å². The smallest absolute Gasteiger partial charge is 0.311 e. The second-order valence-electron chi connectivity index (χ2n) is 8.03. The summed E-state index contributed by atoms with van der Waals surface area (Å²) in [6, 6.07) is 4.34. The molecule has 0 spiro atoms. The highest BCUT2D eigenvalue weighted by Gasteiger charge is 2.50. The number of rotatable bonds is 5. The van der Waals surface area contributed by atoms with Gasteiger partial charge >= 0.3 is 5.97 Å². The van der Waals surface area contributed by atoms with Crippen molar-refractivity contribution in [3.8, 4) is 0 Å². The maximum Gasteiger partial charge on any atom is 0.311 e. The van der Waals surface area contributed by atoms with E-state index in [1.165, 1.54) is 30.5 Å². The van der Waals surface area contributed by atoms with Crippen molar-refractivity contribution < 1.29 is 14.6 Å². The lowest BCUT2D eigenvalue weighted by Gasteiger charge is -2.36. The molecule has 2 saturated heterocycles. The number of nitrogens with zero attached hydrogens (tertiary/aromatic N) is 2. The fraction of sp³-hybridized carbons (Fsp3) is 0.700. The second kappa shape index (κ2) is 7.04. The van der Waals surface area contributed by atoms with Crippen molar-refractivity contribution in [3.63, 3.8) is 0 Å². The third-order valence-electron chi connectivity index (χ3n) is 6.59. The summed E-state index contributed by atoms with van der Waals surface area (Å²) >= 11 is 0. The number of hydrogen-bond donors (Lipinski definition) is 1. The zero-order valence-corrected chi connectivity index (χ0v) is 14.8. The number of carboxylic acid groups (broad SMARTS) is 1. The van der Waals surface area contributed by atoms with E-state index in [0.717, 1.165) is 32.4 Å². The monoisotopic (exact) mass is 344 g/mol. The highest BCUT2D eigenvalue weighted by Crippen LogP contribution is 2.43. The van der Waals surface area contributed by atoms with Crippen LogP contribution in [-0.4, -0.2) is 47.3 Å². The van der Waals surface area contributed by atoms with Crippen LogP contribution in [0.1, 0.15) is 55.7 Å². The molecule has 0 radical (unpaired) electrons. The van der Waals surface area contributed by atoms with Gasteiger partial charge in [0.2, 0.25) is 0 Å². The standard InChI is InChI=1S/C20H28N2O3/c23-19(24)20(17-6-10-25-11-7-17)8-9-22(14-20)13-15-4-5-18(21-12-15)16-2-1-3-16/h4-5,12,16-17H,1-3,6-11,13-14H2,(H,23,24). The topological polar surface area (TPSA) is 62.7 Å². The van der Waals surface area contributed by atoms with Crippen LogP contribution in [0.5, 0.6) is 0 Å². The Hall–Kier alpha value is -1.46. The molecular weight excluding hydrogens is 316 g/mol. The number of aromatic nitrogens is 1. The number of carboxylic acids is 1. The first-order chi connectivity index (χ1) is 12.2. The Morgan fingerprint density at radius 2 is 2.08 bits per heavy atom. The Morgan fingerprint density at radius 3 is 2.68 bits per heavy atom. The lowest BCUT2D eigenvalue weighted by atomic mass is 9.71. The van der Waals surface area contributed by atoms with Gasteiger partial charge in [-0.3, -0.25) is 14.7 Å². The van der Waals surface area contributed by atoms with Crippen molar-refractivity contribution in [3.05, 3.63) is 29.6 Å². The van der Waals surface area contributed by atoms with Crippen molar-refractivity contribution in [1.82, 2.24) is 9.88 Å². The van der Waals surface area contributed by atoms with Crippen molar-refractivity contribution in [1.29, 1.82) is 0 Å². The van der Waals surface area contributed by atoms with Gasteiger partial charge in [0.1, 0.15) is 0 Å². The molecule has 1 atom stereocenters. The van der Waals surface area contributed by atoms with E-state index in [9.17, 15) is 9.90 Å². The largest absolute Gasteiger partial charge is 0.481 e. The number of carbonyl (C=O) groups is 1. The van der Waals surface area contributed by atoms with E-state index >= 15 is 0 Å². The van der Waals surface area contributed by atoms with Gasteiger partial charge in [-0.1, -0.05) is 12.5 Å². The van der Waals surface area contributed by atoms with Gasteiger partial charge in [0.05, 0.1) is 5.41 Å². The molecule has 1 aromatic heterocycles. The molecular formula is C20H28N2O3. The van der Waals surface area contributed by atoms with Gasteiger partial charge in [-0.05, 0) is 56.2 Å². The van der Waals surface area contributed by atoms with E-state index < -0.39 is 11.4 Å². The maximum absolute atomic E-state index is 12.1. The van der Waals surface area contributed by atoms with Gasteiger partial charge in [0.15, 0.2) is 0 Å². The van der Waals surface area contributed by atoms with E-state index in [-0.39, 0.29) is 5.92 Å². The van der Waals surface area contributed by atoms with Gasteiger partial charge in [-0.25, -0.2) is 0 Å². The molecule has 25 heavy (non-hydrogen) atoms. The second-order valence-corrected chi connectivity index (χ2v) is 8.03. The first-order valence-corrected chi connectivity index (χ1v) is 9.66. The molecule has 4 rings (SSSR count). The summed E-state index contributed by atoms with van der Waals surface area (Å²) in [6.07, 6.45) is 8.35. The van der Waals surface area contributed by atoms with Gasteiger partial charge in [0, 0.05) is 44.1 Å². The molecule has 136 valence electrons. The van der Waals surface area contributed by atoms with E-state index in [0.29, 0.717) is 25.7 Å². The fourth-order valence-corrected chi connectivity index (χ4v) is 4.72. The minimum atomic E-state index is -0.625. The molecule has 1 saturated carbocycles. The molecule has 0 bridgehead atoms. The van der Waals surface area contributed by atoms with Gasteiger partial charge in [-0.15, -0.1) is 0 Å². The van der Waals surface area contributed by atoms with Gasteiger partial charge < -0.3 is 9.84 Å². The number of hydrogen-bond acceptors (Lipinski definition) is 4. The molecule has 3 fully saturated rings. The van der Waals surface area contributed by atoms with E-state index in [1.807, 2.05) is 6.20 Å². The number of likely N-dealkylation sites (tertiary alicyclic amines) is 1. The average molecular weight is 344 g/mol. The maximum atomic E-state index is 12.1. The Kier molecular flexibility index (Phi) is 4.78. The van der Waals surface area contributed by atoms with Crippen LogP contribution in [-0.2, 0) is 16.1 Å². The quantitative estimate of drug-likeness (QED) is 0.889. The van der Waals surface area contributed by atoms with Crippen LogP contribution in [0.25, 0.3) is 0 Å². The fourth-order valence-electron chi connectivity index (χ4n) is 4.72. The molecule has 5 heteroatoms. The summed E-state index contributed by atoms with van der Waals surface area (Å²) in [5.41, 5.74) is 1.82. The number of aliphatic carboxylic acids is 1. The Balaban J connectivity index is 1.41. The summed E-state index contributed by atoms with van der Waals surface area (Å²) in [6.45, 7) is 3.71. The molecule has 1 aliphatic carbocycles. The van der Waals surface area contributed by atoms with Crippen LogP contribution in [0, 0.1) is 11.3 Å². The lowest BCUT2D eigenvalue weighted by molar-refractivity contribution is -0.154. The van der Waals surface area contributed by atoms with Crippen LogP contribution in [0.15, 0.2) is 18.3 Å². The summed E-state index contributed by atoms with van der Waals surface area (Å²) in [7, 11) is 0. The van der Waals surface area contributed by atoms with Crippen LogP contribution in [0.2, 0.25) is 0 Å². The summed E-state index contributed by atoms with van der Waals surface area (Å²) in [5, 5.41) is 9.95. The van der Waals surface area contributed by atoms with Gasteiger partial charge in [-0.2, -0.15) is 0 Å². The van der Waals surface area contributed by atoms with Crippen LogP contribution < -0.4 is 0 Å². The molecule has 0 amide bonds. The van der Waals surface area contributed by atoms with E-state index in [4.69, 9.17) is 4.74 Å². The zero-order valence-electron chi connectivity index (χ0n) is 14.8. The van der Waals surface area contributed by atoms with Crippen molar-refractivity contribution >= 4 is 5.97 Å². The lowest BCUT2D eigenvalue weighted by Crippen LogP contribution is -2.43. The molecule has 1 unspecified atom stereocenters. The Bertz CT molecular complexity index is 608. The molecule has 0 aromatic carbocycles. The van der Waals surface area contributed by atoms with Crippen molar-refractivity contribution in [2.75, 3.05) is 26.3 Å². The van der Waals surface area contributed by atoms with E-state index in [2.05, 4.69) is 22.0 Å². The SMILES string of the molecule is O=C(O)C1(C2CCOCC2)CCN(Cc2ccc(C3CCC3)nc2)C1. The van der Waals surface area contributed by atoms with E-state index in [1.54, 1.807) is 0 Å². The number of pyridine rings is 1. The first kappa shape index (κ1) is 17.0. The Morgan fingerprint density at radius 1 is 1.28 bits per heavy atom. The average Bonchev–Trinajstić information content (AvgIpc) is 3.01. The molecule has 2 aliphatic heterocycles. The minimum absolute atomic E-state index is 0.239. The predicted molar refractivity (Wildman–Crippen MR) is 94.3 cm³/mol. The molecule has 1 aromatic rings. The van der Waals surface area contributed by atoms with Crippen LogP contribution in [0.3, 0.4) is 0 Å². The predicted octanol–water partition coefficient (Wildman–Crippen LogP) is 3.05. The highest BCUT2D eigenvalue weighted by molar-refractivity contribution is 5.76. The first-order valence-electron chi connectivity index (χ1n) is 9.66. The van der Waals surface area contributed by atoms with Gasteiger partial charge in [0.25, 0.3) is 0 Å². The molecule has 3 heterocycles. The number of ether oxygens (including phenoxy) is 1. The summed E-state index contributed by atoms with van der Waals surface area (Å²) < 4.78 is 5.44. The van der Waals surface area contributed by atoms with Crippen LogP contribution in [0.4, 0.5) is 0 Å². The molecule has 5 nitrogen and oxygen atoms in total. The molecule has 1 N–H and O–H groups in total. The summed E-state index contributed by atoms with van der Waals surface area (Å²) in [5.74, 6) is 0.275. The third kappa shape index (κ3) is 3.32. The summed E-state index contributed by atoms with van der Waals surface area (Å²) in [4.78, 5) is 19.0.